The van der Waals surface area contributed by atoms with Gasteiger partial charge < -0.3 is 10.3 Å². The number of halogens is 1. The summed E-state index contributed by atoms with van der Waals surface area (Å²) >= 11 is 0. The number of nitrogens with zero attached hydrogens (tertiary/aromatic N) is 2. The average Bonchev–Trinajstić information content (AvgIpc) is 2.65. The molecule has 0 aliphatic carbocycles. The Morgan fingerprint density at radius 2 is 2.20 bits per heavy atom. The fraction of sp³-hybridized carbons (Fsp3) is 0.182. The van der Waals surface area contributed by atoms with Crippen LogP contribution in [0.4, 0.5) is 4.39 Å². The molecule has 0 fully saturated rings. The Morgan fingerprint density at radius 3 is 2.87 bits per heavy atom. The lowest BCUT2D eigenvalue weighted by molar-refractivity contribution is 0.616. The SMILES string of the molecule is NCc1ccn(Cc2cncc(F)c2)c1. The van der Waals surface area contributed by atoms with E-state index < -0.39 is 0 Å². The van der Waals surface area contributed by atoms with Gasteiger partial charge in [-0.05, 0) is 23.3 Å². The highest BCUT2D eigenvalue weighted by Crippen LogP contribution is 2.06. The van der Waals surface area contributed by atoms with Gasteiger partial charge in [0.25, 0.3) is 0 Å². The zero-order chi connectivity index (χ0) is 10.7. The number of rotatable bonds is 3. The van der Waals surface area contributed by atoms with Crippen molar-refractivity contribution in [3.8, 4) is 0 Å². The van der Waals surface area contributed by atoms with Crippen LogP contribution in [-0.4, -0.2) is 9.55 Å². The molecule has 2 N–H and O–H groups in total. The summed E-state index contributed by atoms with van der Waals surface area (Å²) in [5.74, 6) is -0.307. The lowest BCUT2D eigenvalue weighted by Crippen LogP contribution is -1.98. The van der Waals surface area contributed by atoms with Crippen LogP contribution in [0.25, 0.3) is 0 Å². The van der Waals surface area contributed by atoms with Crippen LogP contribution in [-0.2, 0) is 13.1 Å². The summed E-state index contributed by atoms with van der Waals surface area (Å²) in [7, 11) is 0. The topological polar surface area (TPSA) is 43.8 Å². The Kier molecular flexibility index (Phi) is 2.78. The second-order valence-corrected chi connectivity index (χ2v) is 3.41. The second kappa shape index (κ2) is 4.23. The predicted octanol–water partition coefficient (Wildman–Crippen LogP) is 1.53. The second-order valence-electron chi connectivity index (χ2n) is 3.41. The molecule has 0 saturated carbocycles. The molecule has 0 radical (unpaired) electrons. The van der Waals surface area contributed by atoms with E-state index in [1.807, 2.05) is 23.0 Å². The van der Waals surface area contributed by atoms with Crippen molar-refractivity contribution >= 4 is 0 Å². The van der Waals surface area contributed by atoms with Crippen molar-refractivity contribution in [3.05, 3.63) is 53.9 Å². The van der Waals surface area contributed by atoms with E-state index in [9.17, 15) is 4.39 Å². The van der Waals surface area contributed by atoms with Gasteiger partial charge in [-0.25, -0.2) is 4.39 Å². The zero-order valence-corrected chi connectivity index (χ0v) is 8.23. The third-order valence-corrected chi connectivity index (χ3v) is 2.17. The third-order valence-electron chi connectivity index (χ3n) is 2.17. The van der Waals surface area contributed by atoms with Crippen LogP contribution >= 0.6 is 0 Å². The fourth-order valence-corrected chi connectivity index (χ4v) is 1.46. The van der Waals surface area contributed by atoms with Gasteiger partial charge in [-0.15, -0.1) is 0 Å². The molecule has 2 heterocycles. The lowest BCUT2D eigenvalue weighted by atomic mass is 10.3. The summed E-state index contributed by atoms with van der Waals surface area (Å²) in [4.78, 5) is 3.79. The summed E-state index contributed by atoms with van der Waals surface area (Å²) in [6.07, 6.45) is 6.73. The van der Waals surface area contributed by atoms with Crippen molar-refractivity contribution < 1.29 is 4.39 Å². The first-order valence-corrected chi connectivity index (χ1v) is 4.72. The maximum Gasteiger partial charge on any atom is 0.141 e. The van der Waals surface area contributed by atoms with E-state index in [0.29, 0.717) is 13.1 Å². The van der Waals surface area contributed by atoms with Gasteiger partial charge in [0.05, 0.1) is 6.20 Å². The maximum atomic E-state index is 12.8. The minimum absolute atomic E-state index is 0.307. The number of pyridine rings is 1. The minimum Gasteiger partial charge on any atom is -0.350 e. The van der Waals surface area contributed by atoms with Gasteiger partial charge in [-0.1, -0.05) is 0 Å². The van der Waals surface area contributed by atoms with Gasteiger partial charge in [-0.3, -0.25) is 4.98 Å². The number of hydrogen-bond donors (Lipinski definition) is 1. The predicted molar refractivity (Wildman–Crippen MR) is 55.6 cm³/mol. The largest absolute Gasteiger partial charge is 0.350 e. The fourth-order valence-electron chi connectivity index (χ4n) is 1.46. The smallest absolute Gasteiger partial charge is 0.141 e. The van der Waals surface area contributed by atoms with Gasteiger partial charge in [0, 0.05) is 31.7 Å². The summed E-state index contributed by atoms with van der Waals surface area (Å²) in [6, 6.07) is 3.43. The van der Waals surface area contributed by atoms with Crippen molar-refractivity contribution in [2.24, 2.45) is 5.73 Å². The third kappa shape index (κ3) is 2.41. The van der Waals surface area contributed by atoms with E-state index >= 15 is 0 Å². The van der Waals surface area contributed by atoms with Gasteiger partial charge in [0.1, 0.15) is 5.82 Å². The van der Waals surface area contributed by atoms with Crippen LogP contribution in [0.15, 0.2) is 36.9 Å². The van der Waals surface area contributed by atoms with E-state index in [0.717, 1.165) is 11.1 Å². The molecule has 0 aliphatic heterocycles. The molecule has 0 spiro atoms. The van der Waals surface area contributed by atoms with Crippen molar-refractivity contribution in [1.82, 2.24) is 9.55 Å². The van der Waals surface area contributed by atoms with Crippen molar-refractivity contribution in [2.75, 3.05) is 0 Å². The summed E-state index contributed by atoms with van der Waals surface area (Å²) in [5, 5.41) is 0. The Labute approximate surface area is 87.4 Å². The molecule has 78 valence electrons. The van der Waals surface area contributed by atoms with Crippen molar-refractivity contribution in [3.63, 3.8) is 0 Å². The Hall–Kier alpha value is -1.68. The Balaban J connectivity index is 2.14. The zero-order valence-electron chi connectivity index (χ0n) is 8.23. The Bertz CT molecular complexity index is 451. The molecule has 2 aromatic rings. The molecule has 0 bridgehead atoms. The highest BCUT2D eigenvalue weighted by Gasteiger charge is 1.98. The van der Waals surface area contributed by atoms with E-state index in [2.05, 4.69) is 4.98 Å². The average molecular weight is 205 g/mol. The highest BCUT2D eigenvalue weighted by molar-refractivity contribution is 5.14. The molecule has 2 aromatic heterocycles. The van der Waals surface area contributed by atoms with Crippen molar-refractivity contribution in [2.45, 2.75) is 13.1 Å². The normalized spacial score (nSPS) is 10.5. The number of hydrogen-bond acceptors (Lipinski definition) is 2. The number of aromatic nitrogens is 2. The summed E-state index contributed by atoms with van der Waals surface area (Å²) in [5.41, 5.74) is 7.41. The van der Waals surface area contributed by atoms with E-state index in [1.165, 1.54) is 12.3 Å². The van der Waals surface area contributed by atoms with Crippen molar-refractivity contribution in [1.29, 1.82) is 0 Å². The standard InChI is InChI=1S/C11H12FN3/c12-11-3-10(5-14-6-11)8-15-2-1-9(4-13)7-15/h1-3,5-7H,4,8,13H2. The van der Waals surface area contributed by atoms with Gasteiger partial charge in [0.2, 0.25) is 0 Å². The van der Waals surface area contributed by atoms with Crippen LogP contribution in [0.3, 0.4) is 0 Å². The van der Waals surface area contributed by atoms with Crippen LogP contribution in [0.1, 0.15) is 11.1 Å². The molecule has 0 aromatic carbocycles. The molecule has 0 saturated heterocycles. The molecule has 4 heteroatoms. The van der Waals surface area contributed by atoms with E-state index in [1.54, 1.807) is 6.20 Å². The molecular weight excluding hydrogens is 193 g/mol. The molecule has 0 atom stereocenters. The molecule has 2 rings (SSSR count). The first kappa shape index (κ1) is 9.86. The maximum absolute atomic E-state index is 12.8. The molecule has 0 aliphatic rings. The van der Waals surface area contributed by atoms with Crippen LogP contribution < -0.4 is 5.73 Å². The number of nitrogens with two attached hydrogens (primary N) is 1. The van der Waals surface area contributed by atoms with E-state index in [4.69, 9.17) is 5.73 Å². The Morgan fingerprint density at radius 1 is 1.33 bits per heavy atom. The highest BCUT2D eigenvalue weighted by atomic mass is 19.1. The summed E-state index contributed by atoms with van der Waals surface area (Å²) < 4.78 is 14.8. The van der Waals surface area contributed by atoms with Gasteiger partial charge in [0.15, 0.2) is 0 Å². The first-order chi connectivity index (χ1) is 7.28. The summed E-state index contributed by atoms with van der Waals surface area (Å²) in [6.45, 7) is 1.14. The molecule has 15 heavy (non-hydrogen) atoms. The quantitative estimate of drug-likeness (QED) is 0.825. The lowest BCUT2D eigenvalue weighted by Gasteiger charge is -2.02. The van der Waals surface area contributed by atoms with Gasteiger partial charge >= 0.3 is 0 Å². The molecule has 0 unspecified atom stereocenters. The monoisotopic (exact) mass is 205 g/mol. The molecular formula is C11H12FN3. The van der Waals surface area contributed by atoms with Crippen LogP contribution in [0, 0.1) is 5.82 Å². The van der Waals surface area contributed by atoms with E-state index in [-0.39, 0.29) is 5.82 Å². The van der Waals surface area contributed by atoms with Crippen LogP contribution in [0.5, 0.6) is 0 Å². The molecule has 3 nitrogen and oxygen atoms in total. The first-order valence-electron chi connectivity index (χ1n) is 4.72. The van der Waals surface area contributed by atoms with Gasteiger partial charge in [-0.2, -0.15) is 0 Å². The molecule has 0 amide bonds. The van der Waals surface area contributed by atoms with Crippen LogP contribution in [0.2, 0.25) is 0 Å². The minimum atomic E-state index is -0.307.